The minimum atomic E-state index is -0.0416. The van der Waals surface area contributed by atoms with Crippen LogP contribution in [0.4, 0.5) is 0 Å². The summed E-state index contributed by atoms with van der Waals surface area (Å²) in [7, 11) is 0. The molecule has 2 N–H and O–H groups in total. The van der Waals surface area contributed by atoms with E-state index < -0.39 is 0 Å². The van der Waals surface area contributed by atoms with Crippen molar-refractivity contribution < 1.29 is 0 Å². The van der Waals surface area contributed by atoms with Crippen LogP contribution in [0.25, 0.3) is 0 Å². The van der Waals surface area contributed by atoms with E-state index in [1.807, 2.05) is 6.20 Å². The molecule has 3 heteroatoms. The maximum Gasteiger partial charge on any atom is 0.110 e. The number of rotatable bonds is 3. The molecule has 1 fully saturated rings. The van der Waals surface area contributed by atoms with Crippen molar-refractivity contribution in [1.82, 2.24) is 9.55 Å². The van der Waals surface area contributed by atoms with Gasteiger partial charge in [0.1, 0.15) is 5.82 Å². The van der Waals surface area contributed by atoms with E-state index >= 15 is 0 Å². The predicted octanol–water partition coefficient (Wildman–Crippen LogP) is 3.38. The summed E-state index contributed by atoms with van der Waals surface area (Å²) in [5.74, 6) is 1.97. The van der Waals surface area contributed by atoms with Crippen molar-refractivity contribution in [2.75, 3.05) is 0 Å². The van der Waals surface area contributed by atoms with Gasteiger partial charge in [-0.15, -0.1) is 0 Å². The van der Waals surface area contributed by atoms with E-state index in [2.05, 4.69) is 43.4 Å². The molecule has 0 spiro atoms. The molecule has 0 aliphatic heterocycles. The van der Waals surface area contributed by atoms with Gasteiger partial charge in [-0.2, -0.15) is 0 Å². The highest BCUT2D eigenvalue weighted by atomic mass is 15.1. The third kappa shape index (κ3) is 3.38. The molecule has 1 aliphatic rings. The number of hydrogen-bond donors (Lipinski definition) is 1. The molecular weight excluding hydrogens is 234 g/mol. The zero-order chi connectivity index (χ0) is 14.1. The summed E-state index contributed by atoms with van der Waals surface area (Å²) in [6.45, 7) is 10.2. The average molecular weight is 263 g/mol. The van der Waals surface area contributed by atoms with E-state index in [0.29, 0.717) is 5.41 Å². The minimum absolute atomic E-state index is 0.0416. The number of aryl methyl sites for hydroxylation is 1. The van der Waals surface area contributed by atoms with Gasteiger partial charge in [0.25, 0.3) is 0 Å². The van der Waals surface area contributed by atoms with Gasteiger partial charge in [0, 0.05) is 30.9 Å². The summed E-state index contributed by atoms with van der Waals surface area (Å²) in [4.78, 5) is 4.48. The smallest absolute Gasteiger partial charge is 0.110 e. The van der Waals surface area contributed by atoms with E-state index in [1.165, 1.54) is 12.8 Å². The first kappa shape index (κ1) is 14.6. The number of aromatic nitrogens is 2. The second-order valence-corrected chi connectivity index (χ2v) is 7.31. The lowest BCUT2D eigenvalue weighted by atomic mass is 9.67. The van der Waals surface area contributed by atoms with E-state index in [-0.39, 0.29) is 5.54 Å². The van der Waals surface area contributed by atoms with Crippen molar-refractivity contribution in [3.63, 3.8) is 0 Å². The summed E-state index contributed by atoms with van der Waals surface area (Å²) in [6.07, 6.45) is 9.64. The average Bonchev–Trinajstić information content (AvgIpc) is 2.75. The quantitative estimate of drug-likeness (QED) is 0.908. The van der Waals surface area contributed by atoms with E-state index in [4.69, 9.17) is 5.73 Å². The Balaban J connectivity index is 1.99. The predicted molar refractivity (Wildman–Crippen MR) is 79.9 cm³/mol. The SMILES string of the molecule is CCn1ccnc1CC1(N)CCC(C(C)(C)C)CC1. The summed E-state index contributed by atoms with van der Waals surface area (Å²) in [5, 5.41) is 0. The molecule has 1 saturated carbocycles. The summed E-state index contributed by atoms with van der Waals surface area (Å²) >= 11 is 0. The van der Waals surface area contributed by atoms with Gasteiger partial charge in [-0.3, -0.25) is 0 Å². The maximum absolute atomic E-state index is 6.63. The molecule has 3 nitrogen and oxygen atoms in total. The topological polar surface area (TPSA) is 43.8 Å². The van der Waals surface area contributed by atoms with Crippen LogP contribution in [0.2, 0.25) is 0 Å². The zero-order valence-corrected chi connectivity index (χ0v) is 12.9. The van der Waals surface area contributed by atoms with Gasteiger partial charge in [-0.1, -0.05) is 20.8 Å². The Hall–Kier alpha value is -0.830. The fourth-order valence-corrected chi connectivity index (χ4v) is 3.35. The second-order valence-electron chi connectivity index (χ2n) is 7.31. The van der Waals surface area contributed by atoms with Crippen LogP contribution in [-0.4, -0.2) is 15.1 Å². The molecule has 2 rings (SSSR count). The first-order valence-electron chi connectivity index (χ1n) is 7.63. The van der Waals surface area contributed by atoms with Crippen molar-refractivity contribution in [2.45, 2.75) is 71.9 Å². The third-order valence-corrected chi connectivity index (χ3v) is 4.86. The highest BCUT2D eigenvalue weighted by Crippen LogP contribution is 2.41. The Bertz CT molecular complexity index is 406. The van der Waals surface area contributed by atoms with Crippen LogP contribution >= 0.6 is 0 Å². The molecule has 0 unspecified atom stereocenters. The first-order valence-corrected chi connectivity index (χ1v) is 7.63. The fourth-order valence-electron chi connectivity index (χ4n) is 3.35. The van der Waals surface area contributed by atoms with Gasteiger partial charge < -0.3 is 10.3 Å². The lowest BCUT2D eigenvalue weighted by Gasteiger charge is -2.42. The number of imidazole rings is 1. The van der Waals surface area contributed by atoms with Crippen LogP contribution in [-0.2, 0) is 13.0 Å². The molecule has 19 heavy (non-hydrogen) atoms. The molecule has 0 atom stereocenters. The lowest BCUT2D eigenvalue weighted by molar-refractivity contribution is 0.132. The molecule has 0 bridgehead atoms. The number of hydrogen-bond acceptors (Lipinski definition) is 2. The van der Waals surface area contributed by atoms with E-state index in [0.717, 1.165) is 37.5 Å². The highest BCUT2D eigenvalue weighted by Gasteiger charge is 2.36. The van der Waals surface area contributed by atoms with Crippen LogP contribution in [0.3, 0.4) is 0 Å². The largest absolute Gasteiger partial charge is 0.335 e. The molecule has 1 aliphatic carbocycles. The Morgan fingerprint density at radius 2 is 2.00 bits per heavy atom. The number of nitrogens with two attached hydrogens (primary N) is 1. The lowest BCUT2D eigenvalue weighted by Crippen LogP contribution is -2.47. The van der Waals surface area contributed by atoms with Crippen molar-refractivity contribution in [3.8, 4) is 0 Å². The standard InChI is InChI=1S/C16H29N3/c1-5-19-11-10-18-14(19)12-16(17)8-6-13(7-9-16)15(2,3)4/h10-11,13H,5-9,12,17H2,1-4H3. The van der Waals surface area contributed by atoms with Crippen LogP contribution in [0.5, 0.6) is 0 Å². The van der Waals surface area contributed by atoms with Gasteiger partial charge in [0.2, 0.25) is 0 Å². The Labute approximate surface area is 117 Å². The molecule has 0 aromatic carbocycles. The van der Waals surface area contributed by atoms with Crippen LogP contribution in [0.1, 0.15) is 59.2 Å². The third-order valence-electron chi connectivity index (χ3n) is 4.86. The zero-order valence-electron chi connectivity index (χ0n) is 12.9. The summed E-state index contributed by atoms with van der Waals surface area (Å²) in [6, 6.07) is 0. The van der Waals surface area contributed by atoms with Gasteiger partial charge in [0.05, 0.1) is 0 Å². The van der Waals surface area contributed by atoms with Crippen LogP contribution in [0, 0.1) is 11.3 Å². The number of nitrogens with zero attached hydrogens (tertiary/aromatic N) is 2. The van der Waals surface area contributed by atoms with E-state index in [1.54, 1.807) is 0 Å². The molecule has 0 amide bonds. The Morgan fingerprint density at radius 1 is 1.37 bits per heavy atom. The van der Waals surface area contributed by atoms with Crippen molar-refractivity contribution in [2.24, 2.45) is 17.1 Å². The fraction of sp³-hybridized carbons (Fsp3) is 0.812. The van der Waals surface area contributed by atoms with Gasteiger partial charge >= 0.3 is 0 Å². The Kier molecular flexibility index (Phi) is 4.05. The summed E-state index contributed by atoms with van der Waals surface area (Å²) < 4.78 is 2.21. The van der Waals surface area contributed by atoms with Gasteiger partial charge in [-0.25, -0.2) is 4.98 Å². The molecule has 0 saturated heterocycles. The normalized spacial score (nSPS) is 28.6. The van der Waals surface area contributed by atoms with Crippen molar-refractivity contribution >= 4 is 0 Å². The van der Waals surface area contributed by atoms with Crippen LogP contribution in [0.15, 0.2) is 12.4 Å². The van der Waals surface area contributed by atoms with Gasteiger partial charge in [-0.05, 0) is 43.9 Å². The molecule has 1 aromatic rings. The monoisotopic (exact) mass is 263 g/mol. The second kappa shape index (κ2) is 5.28. The molecule has 1 aromatic heterocycles. The van der Waals surface area contributed by atoms with Crippen LogP contribution < -0.4 is 5.73 Å². The summed E-state index contributed by atoms with van der Waals surface area (Å²) in [5.41, 5.74) is 7.00. The molecular formula is C16H29N3. The highest BCUT2D eigenvalue weighted by molar-refractivity contribution is 5.03. The molecule has 1 heterocycles. The molecule has 108 valence electrons. The molecule has 0 radical (unpaired) electrons. The van der Waals surface area contributed by atoms with Gasteiger partial charge in [0.15, 0.2) is 0 Å². The van der Waals surface area contributed by atoms with E-state index in [9.17, 15) is 0 Å². The van der Waals surface area contributed by atoms with Crippen molar-refractivity contribution in [3.05, 3.63) is 18.2 Å². The van der Waals surface area contributed by atoms with Crippen molar-refractivity contribution in [1.29, 1.82) is 0 Å². The Morgan fingerprint density at radius 3 is 2.53 bits per heavy atom. The maximum atomic E-state index is 6.63. The first-order chi connectivity index (χ1) is 8.84. The minimum Gasteiger partial charge on any atom is -0.335 e.